The zero-order valence-electron chi connectivity index (χ0n) is 13.6. The molecule has 0 saturated carbocycles. The van der Waals surface area contributed by atoms with E-state index >= 15 is 0 Å². The van der Waals surface area contributed by atoms with Crippen LogP contribution in [0.5, 0.6) is 0 Å². The number of halogens is 2. The summed E-state index contributed by atoms with van der Waals surface area (Å²) in [6.07, 6.45) is 3.40. The van der Waals surface area contributed by atoms with Gasteiger partial charge < -0.3 is 10.1 Å². The number of carbonyl (C=O) groups is 2. The molecule has 0 fully saturated rings. The van der Waals surface area contributed by atoms with Gasteiger partial charge in [0.2, 0.25) is 0 Å². The maximum atomic E-state index is 12.1. The van der Waals surface area contributed by atoms with Crippen LogP contribution in [-0.2, 0) is 9.53 Å². The van der Waals surface area contributed by atoms with E-state index in [1.54, 1.807) is 43.5 Å². The van der Waals surface area contributed by atoms with Crippen molar-refractivity contribution in [3.05, 3.63) is 57.7 Å². The van der Waals surface area contributed by atoms with Gasteiger partial charge in [0.05, 0.1) is 21.7 Å². The molecule has 2 aromatic rings. The van der Waals surface area contributed by atoms with Crippen molar-refractivity contribution in [1.82, 2.24) is 10.3 Å². The van der Waals surface area contributed by atoms with Gasteiger partial charge in [-0.1, -0.05) is 29.3 Å². The summed E-state index contributed by atoms with van der Waals surface area (Å²) in [6.45, 7) is 1.42. The van der Waals surface area contributed by atoms with Crippen molar-refractivity contribution < 1.29 is 14.3 Å². The molecule has 0 aliphatic carbocycles. The molecule has 1 aromatic heterocycles. The Balaban J connectivity index is 1.91. The van der Waals surface area contributed by atoms with Crippen LogP contribution in [-0.4, -0.2) is 29.7 Å². The topological polar surface area (TPSA) is 68.3 Å². The minimum Gasteiger partial charge on any atom is -0.452 e. The number of nitrogens with one attached hydrogen (secondary N) is 1. The molecule has 1 aromatic carbocycles. The Kier molecular flexibility index (Phi) is 7.11. The van der Waals surface area contributed by atoms with Gasteiger partial charge in [0.25, 0.3) is 5.91 Å². The van der Waals surface area contributed by atoms with Gasteiger partial charge in [-0.3, -0.25) is 4.79 Å². The van der Waals surface area contributed by atoms with E-state index in [4.69, 9.17) is 27.9 Å². The van der Waals surface area contributed by atoms with E-state index in [0.29, 0.717) is 20.6 Å². The number of thioether (sulfide) groups is 1. The first-order chi connectivity index (χ1) is 11.9. The van der Waals surface area contributed by atoms with Gasteiger partial charge in [-0.05, 0) is 43.0 Å². The van der Waals surface area contributed by atoms with E-state index in [1.807, 2.05) is 6.26 Å². The average molecular weight is 399 g/mol. The van der Waals surface area contributed by atoms with Gasteiger partial charge >= 0.3 is 5.97 Å². The third-order valence-electron chi connectivity index (χ3n) is 3.34. The van der Waals surface area contributed by atoms with Gasteiger partial charge in [0.15, 0.2) is 6.61 Å². The van der Waals surface area contributed by atoms with Crippen LogP contribution in [0.25, 0.3) is 0 Å². The summed E-state index contributed by atoms with van der Waals surface area (Å²) < 4.78 is 5.06. The number of ether oxygens (including phenoxy) is 1. The highest BCUT2D eigenvalue weighted by Gasteiger charge is 2.16. The fourth-order valence-corrected chi connectivity index (χ4v) is 2.91. The third-order valence-corrected chi connectivity index (χ3v) is 4.79. The first-order valence-corrected chi connectivity index (χ1v) is 9.31. The van der Waals surface area contributed by atoms with Crippen molar-refractivity contribution in [2.24, 2.45) is 0 Å². The van der Waals surface area contributed by atoms with E-state index in [9.17, 15) is 9.59 Å². The van der Waals surface area contributed by atoms with Gasteiger partial charge in [-0.2, -0.15) is 0 Å². The number of benzene rings is 1. The molecule has 1 amide bonds. The molecule has 0 aliphatic rings. The lowest BCUT2D eigenvalue weighted by atomic mass is 10.1. The summed E-state index contributed by atoms with van der Waals surface area (Å²) in [6, 6.07) is 8.06. The van der Waals surface area contributed by atoms with E-state index in [0.717, 1.165) is 5.56 Å². The summed E-state index contributed by atoms with van der Waals surface area (Å²) in [7, 11) is 0. The van der Waals surface area contributed by atoms with E-state index < -0.39 is 11.9 Å². The highest BCUT2D eigenvalue weighted by molar-refractivity contribution is 7.98. The average Bonchev–Trinajstić information content (AvgIpc) is 2.61. The van der Waals surface area contributed by atoms with Crippen LogP contribution >= 0.6 is 35.0 Å². The molecule has 132 valence electrons. The number of esters is 1. The van der Waals surface area contributed by atoms with Gasteiger partial charge in [0.1, 0.15) is 5.03 Å². The summed E-state index contributed by atoms with van der Waals surface area (Å²) in [4.78, 5) is 28.2. The Morgan fingerprint density at radius 1 is 1.28 bits per heavy atom. The normalized spacial score (nSPS) is 11.7. The van der Waals surface area contributed by atoms with Crippen molar-refractivity contribution in [2.75, 3.05) is 12.9 Å². The van der Waals surface area contributed by atoms with E-state index in [1.165, 1.54) is 11.8 Å². The van der Waals surface area contributed by atoms with Gasteiger partial charge in [0, 0.05) is 6.20 Å². The zero-order chi connectivity index (χ0) is 18.4. The highest BCUT2D eigenvalue weighted by Crippen LogP contribution is 2.25. The summed E-state index contributed by atoms with van der Waals surface area (Å²) >= 11 is 13.2. The number of hydrogen-bond donors (Lipinski definition) is 1. The fourth-order valence-electron chi connectivity index (χ4n) is 2.07. The zero-order valence-corrected chi connectivity index (χ0v) is 15.9. The molecule has 0 bridgehead atoms. The minimum atomic E-state index is -0.588. The van der Waals surface area contributed by atoms with Crippen LogP contribution in [0, 0.1) is 0 Å². The second-order valence-corrected chi connectivity index (χ2v) is 6.71. The molecule has 2 rings (SSSR count). The largest absolute Gasteiger partial charge is 0.452 e. The molecular formula is C17H16Cl2N2O3S. The van der Waals surface area contributed by atoms with Crippen LogP contribution in [0.2, 0.25) is 10.0 Å². The second-order valence-electron chi connectivity index (χ2n) is 5.10. The summed E-state index contributed by atoms with van der Waals surface area (Å²) in [5.41, 5.74) is 1.13. The first-order valence-electron chi connectivity index (χ1n) is 7.32. The number of hydrogen-bond acceptors (Lipinski definition) is 5. The lowest BCUT2D eigenvalue weighted by molar-refractivity contribution is -0.124. The molecule has 0 radical (unpaired) electrons. The van der Waals surface area contributed by atoms with Crippen molar-refractivity contribution in [1.29, 1.82) is 0 Å². The van der Waals surface area contributed by atoms with Crippen LogP contribution in [0.1, 0.15) is 28.9 Å². The number of carbonyl (C=O) groups excluding carboxylic acids is 2. The lowest BCUT2D eigenvalue weighted by Gasteiger charge is -2.15. The number of rotatable bonds is 6. The van der Waals surface area contributed by atoms with Crippen molar-refractivity contribution in [3.63, 3.8) is 0 Å². The lowest BCUT2D eigenvalue weighted by Crippen LogP contribution is -2.31. The first kappa shape index (κ1) is 19.6. The Morgan fingerprint density at radius 2 is 2.04 bits per heavy atom. The minimum absolute atomic E-state index is 0.305. The maximum Gasteiger partial charge on any atom is 0.341 e. The quantitative estimate of drug-likeness (QED) is 0.584. The molecule has 0 unspecified atom stereocenters. The third kappa shape index (κ3) is 5.36. The number of nitrogens with zero attached hydrogens (tertiary/aromatic N) is 1. The van der Waals surface area contributed by atoms with Crippen molar-refractivity contribution >= 4 is 46.8 Å². The number of pyridine rings is 1. The smallest absolute Gasteiger partial charge is 0.341 e. The standard InChI is InChI=1S/C17H16Cl2N2O3S/c1-10(11-5-6-13(18)14(19)8-11)21-15(22)9-24-17(23)12-4-3-7-20-16(12)25-2/h3-8,10H,9H2,1-2H3,(H,21,22)/t10-/m0/s1. The molecule has 5 nitrogen and oxygen atoms in total. The molecule has 1 atom stereocenters. The van der Waals surface area contributed by atoms with Crippen LogP contribution < -0.4 is 5.32 Å². The molecule has 0 aliphatic heterocycles. The maximum absolute atomic E-state index is 12.1. The Bertz CT molecular complexity index is 786. The summed E-state index contributed by atoms with van der Waals surface area (Å²) in [5.74, 6) is -1.00. The second kappa shape index (κ2) is 9.08. The van der Waals surface area contributed by atoms with Crippen LogP contribution in [0.3, 0.4) is 0 Å². The highest BCUT2D eigenvalue weighted by atomic mass is 35.5. The number of aromatic nitrogens is 1. The van der Waals surface area contributed by atoms with Crippen molar-refractivity contribution in [2.45, 2.75) is 18.0 Å². The van der Waals surface area contributed by atoms with E-state index in [-0.39, 0.29) is 12.6 Å². The molecule has 1 heterocycles. The molecule has 1 N–H and O–H groups in total. The predicted molar refractivity (Wildman–Crippen MR) is 99.3 cm³/mol. The molecule has 0 spiro atoms. The molecular weight excluding hydrogens is 383 g/mol. The fraction of sp³-hybridized carbons (Fsp3) is 0.235. The Morgan fingerprint density at radius 3 is 2.72 bits per heavy atom. The SMILES string of the molecule is CSc1ncccc1C(=O)OCC(=O)N[C@@H](C)c1ccc(Cl)c(Cl)c1. The number of amides is 1. The molecule has 0 saturated heterocycles. The van der Waals surface area contributed by atoms with Gasteiger partial charge in [-0.15, -0.1) is 11.8 Å². The Labute approximate surface area is 160 Å². The molecule has 8 heteroatoms. The van der Waals surface area contributed by atoms with Crippen molar-refractivity contribution in [3.8, 4) is 0 Å². The van der Waals surface area contributed by atoms with Crippen LogP contribution in [0.15, 0.2) is 41.6 Å². The summed E-state index contributed by atoms with van der Waals surface area (Å²) in [5, 5.41) is 4.15. The van der Waals surface area contributed by atoms with Crippen LogP contribution in [0.4, 0.5) is 0 Å². The Hall–Kier alpha value is -1.76. The predicted octanol–water partition coefficient (Wildman–Crippen LogP) is 4.14. The van der Waals surface area contributed by atoms with E-state index in [2.05, 4.69) is 10.3 Å². The van der Waals surface area contributed by atoms with Gasteiger partial charge in [-0.25, -0.2) is 9.78 Å². The molecule has 25 heavy (non-hydrogen) atoms. The monoisotopic (exact) mass is 398 g/mol.